The smallest absolute Gasteiger partial charge is 0.228 e. The van der Waals surface area contributed by atoms with Gasteiger partial charge in [0, 0.05) is 32.8 Å². The highest BCUT2D eigenvalue weighted by Gasteiger charge is 2.10. The van der Waals surface area contributed by atoms with E-state index in [1.165, 1.54) is 0 Å². The number of rotatable bonds is 6. The van der Waals surface area contributed by atoms with Crippen LogP contribution in [0.5, 0.6) is 0 Å². The van der Waals surface area contributed by atoms with Gasteiger partial charge in [0.25, 0.3) is 0 Å². The average molecular weight is 403 g/mol. The van der Waals surface area contributed by atoms with Crippen molar-refractivity contribution in [3.8, 4) is 0 Å². The monoisotopic (exact) mass is 402 g/mol. The molecule has 0 radical (unpaired) electrons. The van der Waals surface area contributed by atoms with Gasteiger partial charge in [-0.15, -0.1) is 11.3 Å². The summed E-state index contributed by atoms with van der Waals surface area (Å²) in [7, 11) is -1.11. The minimum atomic E-state index is -1.11. The van der Waals surface area contributed by atoms with Crippen molar-refractivity contribution in [1.82, 2.24) is 4.98 Å². The van der Waals surface area contributed by atoms with Gasteiger partial charge in [0.2, 0.25) is 5.91 Å². The van der Waals surface area contributed by atoms with Crippen molar-refractivity contribution in [2.45, 2.75) is 27.5 Å². The summed E-state index contributed by atoms with van der Waals surface area (Å²) in [6.45, 7) is 1.98. The Kier molecular flexibility index (Phi) is 6.24. The van der Waals surface area contributed by atoms with Crippen LogP contribution in [0.3, 0.4) is 0 Å². The van der Waals surface area contributed by atoms with E-state index in [0.29, 0.717) is 4.90 Å². The first-order valence-corrected chi connectivity index (χ1v) is 11.2. The predicted molar refractivity (Wildman–Crippen MR) is 109 cm³/mol. The summed E-state index contributed by atoms with van der Waals surface area (Å²) >= 11 is 3.23. The second-order valence-corrected chi connectivity index (χ2v) is 9.19. The molecule has 1 heterocycles. The van der Waals surface area contributed by atoms with Crippen LogP contribution in [0.15, 0.2) is 68.0 Å². The number of benzene rings is 2. The van der Waals surface area contributed by atoms with Gasteiger partial charge in [-0.1, -0.05) is 30.0 Å². The molecule has 1 atom stereocenters. The Hall–Kier alpha value is -1.96. The molecule has 26 heavy (non-hydrogen) atoms. The van der Waals surface area contributed by atoms with E-state index < -0.39 is 10.8 Å². The van der Waals surface area contributed by atoms with E-state index in [-0.39, 0.29) is 12.3 Å². The molecule has 3 aromatic rings. The van der Waals surface area contributed by atoms with Crippen LogP contribution in [0.1, 0.15) is 11.3 Å². The Labute approximate surface area is 163 Å². The molecule has 0 spiro atoms. The summed E-state index contributed by atoms with van der Waals surface area (Å²) in [5.74, 6) is -0.126. The summed E-state index contributed by atoms with van der Waals surface area (Å²) < 4.78 is 12.8. The summed E-state index contributed by atoms with van der Waals surface area (Å²) in [4.78, 5) is 18.5. The van der Waals surface area contributed by atoms with Crippen molar-refractivity contribution >= 4 is 45.5 Å². The van der Waals surface area contributed by atoms with Crippen molar-refractivity contribution in [3.63, 3.8) is 0 Å². The number of anilines is 1. The van der Waals surface area contributed by atoms with Crippen LogP contribution < -0.4 is 5.32 Å². The van der Waals surface area contributed by atoms with Crippen molar-refractivity contribution in [2.24, 2.45) is 0 Å². The molecule has 3 rings (SSSR count). The highest BCUT2D eigenvalue weighted by atomic mass is 32.2. The molecule has 0 saturated heterocycles. The third-order valence-corrected chi connectivity index (χ3v) is 6.66. The molecule has 0 fully saturated rings. The van der Waals surface area contributed by atoms with Gasteiger partial charge >= 0.3 is 0 Å². The van der Waals surface area contributed by atoms with Crippen molar-refractivity contribution in [1.29, 1.82) is 0 Å². The fraction of sp³-hybridized carbons (Fsp3) is 0.158. The largest absolute Gasteiger partial charge is 0.326 e. The molecule has 1 N–H and O–H groups in total. The minimum Gasteiger partial charge on any atom is -0.326 e. The first kappa shape index (κ1) is 18.8. The zero-order valence-electron chi connectivity index (χ0n) is 14.4. The number of carbonyl (C=O) groups excluding carboxylic acids is 1. The SMILES string of the molecule is Cc1csc(Sc2ccc(NC(=O)Cc3ccccc3S(C)=O)cc2)n1. The highest BCUT2D eigenvalue weighted by molar-refractivity contribution is 8.01. The maximum Gasteiger partial charge on any atom is 0.228 e. The number of hydrogen-bond acceptors (Lipinski definition) is 5. The standard InChI is InChI=1S/C19H18N2O2S3/c1-13-12-24-19(20-13)25-16-9-7-15(8-10-16)21-18(22)11-14-5-3-4-6-17(14)26(2)23/h3-10,12H,11H2,1-2H3,(H,21,22). The second kappa shape index (κ2) is 8.62. The van der Waals surface area contributed by atoms with Crippen LogP contribution in [0.4, 0.5) is 5.69 Å². The highest BCUT2D eigenvalue weighted by Crippen LogP contribution is 2.30. The summed E-state index contributed by atoms with van der Waals surface area (Å²) in [6.07, 6.45) is 1.82. The summed E-state index contributed by atoms with van der Waals surface area (Å²) in [5, 5.41) is 4.92. The molecule has 134 valence electrons. The normalized spacial score (nSPS) is 11.9. The number of aryl methyl sites for hydroxylation is 1. The molecule has 2 aromatic carbocycles. The molecule has 0 saturated carbocycles. The third-order valence-electron chi connectivity index (χ3n) is 3.57. The lowest BCUT2D eigenvalue weighted by Gasteiger charge is -2.09. The quantitative estimate of drug-likeness (QED) is 0.658. The van der Waals surface area contributed by atoms with Crippen LogP contribution >= 0.6 is 23.1 Å². The Morgan fingerprint density at radius 3 is 2.58 bits per heavy atom. The van der Waals surface area contributed by atoms with E-state index in [1.807, 2.05) is 54.8 Å². The number of nitrogens with zero attached hydrogens (tertiary/aromatic N) is 1. The molecule has 1 aromatic heterocycles. The lowest BCUT2D eigenvalue weighted by Crippen LogP contribution is -2.15. The molecular weight excluding hydrogens is 384 g/mol. The minimum absolute atomic E-state index is 0.126. The van der Waals surface area contributed by atoms with Gasteiger partial charge in [0.15, 0.2) is 4.34 Å². The van der Waals surface area contributed by atoms with Gasteiger partial charge in [-0.2, -0.15) is 0 Å². The topological polar surface area (TPSA) is 59.1 Å². The van der Waals surface area contributed by atoms with Crippen molar-refractivity contribution in [3.05, 3.63) is 65.2 Å². The van der Waals surface area contributed by atoms with Gasteiger partial charge < -0.3 is 5.32 Å². The van der Waals surface area contributed by atoms with Crippen molar-refractivity contribution in [2.75, 3.05) is 11.6 Å². The lowest BCUT2D eigenvalue weighted by molar-refractivity contribution is -0.115. The van der Waals surface area contributed by atoms with Crippen LogP contribution in [0.25, 0.3) is 0 Å². The van der Waals surface area contributed by atoms with E-state index in [1.54, 1.807) is 35.4 Å². The number of thiazole rings is 1. The lowest BCUT2D eigenvalue weighted by atomic mass is 10.1. The van der Waals surface area contributed by atoms with Gasteiger partial charge in [0.1, 0.15) is 0 Å². The number of carbonyl (C=O) groups is 1. The van der Waals surface area contributed by atoms with E-state index in [0.717, 1.165) is 26.2 Å². The molecule has 0 aliphatic heterocycles. The maximum atomic E-state index is 12.3. The first-order valence-electron chi connectivity index (χ1n) is 7.92. The summed E-state index contributed by atoms with van der Waals surface area (Å²) in [5.41, 5.74) is 2.55. The van der Waals surface area contributed by atoms with Gasteiger partial charge in [-0.3, -0.25) is 9.00 Å². The maximum absolute atomic E-state index is 12.3. The molecule has 0 aliphatic rings. The van der Waals surface area contributed by atoms with Crippen LogP contribution in [-0.4, -0.2) is 21.4 Å². The molecule has 0 bridgehead atoms. The predicted octanol–water partition coefficient (Wildman–Crippen LogP) is 4.52. The molecular formula is C19H18N2O2S3. The van der Waals surface area contributed by atoms with E-state index in [4.69, 9.17) is 0 Å². The Morgan fingerprint density at radius 1 is 1.19 bits per heavy atom. The van der Waals surface area contributed by atoms with Crippen molar-refractivity contribution < 1.29 is 9.00 Å². The summed E-state index contributed by atoms with van der Waals surface area (Å²) in [6, 6.07) is 15.0. The Morgan fingerprint density at radius 2 is 1.92 bits per heavy atom. The number of aromatic nitrogens is 1. The average Bonchev–Trinajstić information content (AvgIpc) is 3.02. The van der Waals surface area contributed by atoms with Gasteiger partial charge in [0.05, 0.1) is 17.2 Å². The Bertz CT molecular complexity index is 936. The van der Waals surface area contributed by atoms with E-state index in [2.05, 4.69) is 10.3 Å². The van der Waals surface area contributed by atoms with Crippen LogP contribution in [-0.2, 0) is 22.0 Å². The fourth-order valence-electron chi connectivity index (χ4n) is 2.39. The second-order valence-electron chi connectivity index (χ2n) is 5.67. The van der Waals surface area contributed by atoms with Gasteiger partial charge in [-0.25, -0.2) is 4.98 Å². The van der Waals surface area contributed by atoms with Gasteiger partial charge in [-0.05, 0) is 42.8 Å². The van der Waals surface area contributed by atoms with Crippen LogP contribution in [0, 0.1) is 6.92 Å². The molecule has 4 nitrogen and oxygen atoms in total. The van der Waals surface area contributed by atoms with E-state index >= 15 is 0 Å². The zero-order chi connectivity index (χ0) is 18.5. The fourth-order valence-corrected chi connectivity index (χ4v) is 4.98. The molecule has 1 amide bonds. The zero-order valence-corrected chi connectivity index (χ0v) is 16.8. The third kappa shape index (κ3) is 5.03. The number of hydrogen-bond donors (Lipinski definition) is 1. The molecule has 1 unspecified atom stereocenters. The van der Waals surface area contributed by atoms with E-state index in [9.17, 15) is 9.00 Å². The first-order chi connectivity index (χ1) is 12.5. The number of nitrogens with one attached hydrogen (secondary N) is 1. The molecule has 0 aliphatic carbocycles. The molecule has 7 heteroatoms. The van der Waals surface area contributed by atoms with Crippen LogP contribution in [0.2, 0.25) is 0 Å². The number of amides is 1. The Balaban J connectivity index is 1.62.